The molecule has 0 amide bonds. The molecule has 0 aromatic carbocycles. The molecule has 0 fully saturated rings. The van der Waals surface area contributed by atoms with E-state index in [2.05, 4.69) is 10.2 Å². The molecule has 3 nitrogen and oxygen atoms in total. The number of hydrogen-bond acceptors (Lipinski definition) is 2. The van der Waals surface area contributed by atoms with Crippen molar-refractivity contribution in [1.82, 2.24) is 14.8 Å². The minimum Gasteiger partial charge on any atom is -0.295 e. The van der Waals surface area contributed by atoms with Crippen molar-refractivity contribution < 1.29 is 13.2 Å². The van der Waals surface area contributed by atoms with Gasteiger partial charge in [-0.3, -0.25) is 9.67 Å². The third kappa shape index (κ3) is 3.65. The van der Waals surface area contributed by atoms with E-state index in [-0.39, 0.29) is 10.7 Å². The van der Waals surface area contributed by atoms with E-state index in [4.69, 9.17) is 12.2 Å². The van der Waals surface area contributed by atoms with Crippen LogP contribution >= 0.6 is 12.2 Å². The molecule has 1 rings (SSSR count). The van der Waals surface area contributed by atoms with Gasteiger partial charge in [0.2, 0.25) is 0 Å². The summed E-state index contributed by atoms with van der Waals surface area (Å²) in [5.74, 6) is 0.592. The zero-order valence-electron chi connectivity index (χ0n) is 8.43. The molecular formula is C8H12F3N3S. The first kappa shape index (κ1) is 12.2. The van der Waals surface area contributed by atoms with Crippen molar-refractivity contribution >= 4 is 12.2 Å². The van der Waals surface area contributed by atoms with Crippen LogP contribution in [0.4, 0.5) is 13.2 Å². The van der Waals surface area contributed by atoms with Crippen LogP contribution in [0.15, 0.2) is 0 Å². The van der Waals surface area contributed by atoms with Crippen LogP contribution in [0.3, 0.4) is 0 Å². The Morgan fingerprint density at radius 3 is 2.53 bits per heavy atom. The second-order valence-corrected chi connectivity index (χ2v) is 4.13. The van der Waals surface area contributed by atoms with E-state index in [0.717, 1.165) is 4.57 Å². The maximum atomic E-state index is 12.2. The van der Waals surface area contributed by atoms with E-state index in [9.17, 15) is 13.2 Å². The molecule has 0 atom stereocenters. The summed E-state index contributed by atoms with van der Waals surface area (Å²) in [6.45, 7) is 2.75. The number of nitrogens with zero attached hydrogens (tertiary/aromatic N) is 2. The second-order valence-electron chi connectivity index (χ2n) is 3.74. The Bertz CT molecular complexity index is 377. The van der Waals surface area contributed by atoms with Gasteiger partial charge in [0.15, 0.2) is 4.77 Å². The molecule has 0 aliphatic carbocycles. The molecule has 1 heterocycles. The average Bonchev–Trinajstić information content (AvgIpc) is 2.32. The summed E-state index contributed by atoms with van der Waals surface area (Å²) >= 11 is 4.74. The van der Waals surface area contributed by atoms with Crippen molar-refractivity contribution in [1.29, 1.82) is 0 Å². The predicted molar refractivity (Wildman–Crippen MR) is 52.0 cm³/mol. The largest absolute Gasteiger partial charge is 0.406 e. The standard InChI is InChI=1S/C8H12F3N3S/c1-5(2)3-6-12-13-7(15)14(6)4-8(9,10)11/h5H,3-4H2,1-2H3,(H,13,15). The molecular weight excluding hydrogens is 227 g/mol. The van der Waals surface area contributed by atoms with Crippen LogP contribution in [-0.2, 0) is 13.0 Å². The van der Waals surface area contributed by atoms with Crippen LogP contribution in [-0.4, -0.2) is 20.9 Å². The Morgan fingerprint density at radius 2 is 2.07 bits per heavy atom. The molecule has 0 aliphatic rings. The summed E-state index contributed by atoms with van der Waals surface area (Å²) in [4.78, 5) is 0. The molecule has 0 spiro atoms. The van der Waals surface area contributed by atoms with Crippen LogP contribution in [0.2, 0.25) is 0 Å². The molecule has 1 aromatic rings. The van der Waals surface area contributed by atoms with Gasteiger partial charge < -0.3 is 0 Å². The number of rotatable bonds is 3. The Kier molecular flexibility index (Phi) is 3.54. The van der Waals surface area contributed by atoms with Gasteiger partial charge in [-0.05, 0) is 18.1 Å². The van der Waals surface area contributed by atoms with Gasteiger partial charge in [-0.15, -0.1) is 0 Å². The van der Waals surface area contributed by atoms with Crippen molar-refractivity contribution in [3.63, 3.8) is 0 Å². The van der Waals surface area contributed by atoms with Crippen LogP contribution in [0, 0.1) is 10.7 Å². The van der Waals surface area contributed by atoms with Crippen LogP contribution < -0.4 is 0 Å². The molecule has 0 radical (unpaired) electrons. The van der Waals surface area contributed by atoms with Crippen LogP contribution in [0.5, 0.6) is 0 Å². The number of aromatic nitrogens is 3. The lowest BCUT2D eigenvalue weighted by atomic mass is 10.1. The lowest BCUT2D eigenvalue weighted by molar-refractivity contribution is -0.141. The van der Waals surface area contributed by atoms with E-state index in [1.165, 1.54) is 0 Å². The molecule has 1 aromatic heterocycles. The van der Waals surface area contributed by atoms with E-state index in [1.807, 2.05) is 13.8 Å². The van der Waals surface area contributed by atoms with Gasteiger partial charge in [0, 0.05) is 6.42 Å². The van der Waals surface area contributed by atoms with Gasteiger partial charge in [-0.25, -0.2) is 0 Å². The number of nitrogens with one attached hydrogen (secondary N) is 1. The third-order valence-electron chi connectivity index (χ3n) is 1.77. The first-order valence-electron chi connectivity index (χ1n) is 4.50. The average molecular weight is 239 g/mol. The van der Waals surface area contributed by atoms with Crippen molar-refractivity contribution in [3.8, 4) is 0 Å². The zero-order chi connectivity index (χ0) is 11.6. The number of alkyl halides is 3. The van der Waals surface area contributed by atoms with Crippen LogP contribution in [0.1, 0.15) is 19.7 Å². The quantitative estimate of drug-likeness (QED) is 0.823. The molecule has 86 valence electrons. The monoisotopic (exact) mass is 239 g/mol. The molecule has 15 heavy (non-hydrogen) atoms. The Morgan fingerprint density at radius 1 is 1.47 bits per heavy atom. The highest BCUT2D eigenvalue weighted by atomic mass is 32.1. The fraction of sp³-hybridized carbons (Fsp3) is 0.750. The zero-order valence-corrected chi connectivity index (χ0v) is 9.24. The van der Waals surface area contributed by atoms with Crippen LogP contribution in [0.25, 0.3) is 0 Å². The smallest absolute Gasteiger partial charge is 0.295 e. The van der Waals surface area contributed by atoms with Crippen molar-refractivity contribution in [3.05, 3.63) is 10.6 Å². The maximum absolute atomic E-state index is 12.2. The van der Waals surface area contributed by atoms with Crippen molar-refractivity contribution in [2.24, 2.45) is 5.92 Å². The molecule has 0 saturated carbocycles. The molecule has 0 aliphatic heterocycles. The summed E-state index contributed by atoms with van der Waals surface area (Å²) in [6, 6.07) is 0. The summed E-state index contributed by atoms with van der Waals surface area (Å²) in [7, 11) is 0. The van der Waals surface area contributed by atoms with Crippen molar-refractivity contribution in [2.75, 3.05) is 0 Å². The second kappa shape index (κ2) is 4.34. The maximum Gasteiger partial charge on any atom is 0.406 e. The fourth-order valence-corrected chi connectivity index (χ4v) is 1.43. The minimum atomic E-state index is -4.27. The topological polar surface area (TPSA) is 33.6 Å². The fourth-order valence-electron chi connectivity index (χ4n) is 1.21. The third-order valence-corrected chi connectivity index (χ3v) is 2.08. The summed E-state index contributed by atoms with van der Waals surface area (Å²) in [5.41, 5.74) is 0. The summed E-state index contributed by atoms with van der Waals surface area (Å²) in [5, 5.41) is 6.17. The van der Waals surface area contributed by atoms with E-state index < -0.39 is 12.7 Å². The summed E-state index contributed by atoms with van der Waals surface area (Å²) < 4.78 is 37.6. The molecule has 7 heteroatoms. The number of hydrogen-bond donors (Lipinski definition) is 1. The highest BCUT2D eigenvalue weighted by Crippen LogP contribution is 2.19. The first-order chi connectivity index (χ1) is 6.79. The number of H-pyrrole nitrogens is 1. The molecule has 1 N–H and O–H groups in total. The van der Waals surface area contributed by atoms with Gasteiger partial charge in [-0.2, -0.15) is 18.3 Å². The normalized spacial score (nSPS) is 12.4. The lowest BCUT2D eigenvalue weighted by Gasteiger charge is -2.10. The predicted octanol–water partition coefficient (Wildman–Crippen LogP) is 2.70. The highest BCUT2D eigenvalue weighted by Gasteiger charge is 2.29. The van der Waals surface area contributed by atoms with Gasteiger partial charge in [0.05, 0.1) is 0 Å². The minimum absolute atomic E-state index is 0.0166. The van der Waals surface area contributed by atoms with Gasteiger partial charge >= 0.3 is 6.18 Å². The molecule has 0 unspecified atom stereocenters. The number of aromatic amines is 1. The Labute approximate surface area is 90.3 Å². The Balaban J connectivity index is 2.94. The van der Waals surface area contributed by atoms with Gasteiger partial charge in [0.1, 0.15) is 12.4 Å². The molecule has 0 bridgehead atoms. The van der Waals surface area contributed by atoms with E-state index in [0.29, 0.717) is 12.2 Å². The molecule has 0 saturated heterocycles. The SMILES string of the molecule is CC(C)Cc1n[nH]c(=S)n1CC(F)(F)F. The van der Waals surface area contributed by atoms with E-state index in [1.54, 1.807) is 0 Å². The lowest BCUT2D eigenvalue weighted by Crippen LogP contribution is -2.20. The van der Waals surface area contributed by atoms with Gasteiger partial charge in [-0.1, -0.05) is 13.8 Å². The van der Waals surface area contributed by atoms with Crippen molar-refractivity contribution in [2.45, 2.75) is 33.0 Å². The number of halogens is 3. The first-order valence-corrected chi connectivity index (χ1v) is 4.91. The van der Waals surface area contributed by atoms with E-state index >= 15 is 0 Å². The summed E-state index contributed by atoms with van der Waals surface area (Å²) in [6.07, 6.45) is -3.79. The van der Waals surface area contributed by atoms with Gasteiger partial charge in [0.25, 0.3) is 0 Å². The Hall–Kier alpha value is -0.850. The highest BCUT2D eigenvalue weighted by molar-refractivity contribution is 7.71.